The molecule has 1 rings (SSSR count). The number of likely N-dealkylation sites (N-methyl/N-ethyl adjacent to an activating group) is 1. The zero-order valence-corrected chi connectivity index (χ0v) is 13.5. The van der Waals surface area contributed by atoms with Crippen molar-refractivity contribution in [2.45, 2.75) is 32.5 Å². The first-order chi connectivity index (χ1) is 7.37. The fourth-order valence-electron chi connectivity index (χ4n) is 1.73. The van der Waals surface area contributed by atoms with E-state index in [1.54, 1.807) is 0 Å². The molecule has 1 N–H and O–H groups in total. The average Bonchev–Trinajstić information content (AvgIpc) is 2.18. The highest BCUT2D eigenvalue weighted by Gasteiger charge is 2.19. The number of rotatable bonds is 4. The number of ether oxygens (including phenoxy) is 1. The quantitative estimate of drug-likeness (QED) is 0.848. The summed E-state index contributed by atoms with van der Waals surface area (Å²) in [6.45, 7) is 11.5. The van der Waals surface area contributed by atoms with E-state index in [4.69, 9.17) is 4.74 Å². The van der Waals surface area contributed by atoms with E-state index < -0.39 is 0 Å². The van der Waals surface area contributed by atoms with Crippen LogP contribution in [-0.4, -0.2) is 73.0 Å². The molecular formula is C12H28Cl2N2O2. The van der Waals surface area contributed by atoms with Gasteiger partial charge >= 0.3 is 0 Å². The Hall–Kier alpha value is 0.420. The first-order valence-electron chi connectivity index (χ1n) is 6.10. The first-order valence-corrected chi connectivity index (χ1v) is 6.10. The van der Waals surface area contributed by atoms with E-state index in [9.17, 15) is 5.11 Å². The monoisotopic (exact) mass is 302 g/mol. The maximum absolute atomic E-state index is 9.85. The van der Waals surface area contributed by atoms with Crippen molar-refractivity contribution < 1.29 is 9.84 Å². The van der Waals surface area contributed by atoms with Crippen molar-refractivity contribution >= 4 is 24.8 Å². The Morgan fingerprint density at radius 2 is 1.61 bits per heavy atom. The van der Waals surface area contributed by atoms with Gasteiger partial charge in [0.25, 0.3) is 0 Å². The van der Waals surface area contributed by atoms with Crippen LogP contribution < -0.4 is 0 Å². The van der Waals surface area contributed by atoms with Gasteiger partial charge in [-0.05, 0) is 27.8 Å². The summed E-state index contributed by atoms with van der Waals surface area (Å²) >= 11 is 0. The predicted molar refractivity (Wildman–Crippen MR) is 80.1 cm³/mol. The van der Waals surface area contributed by atoms with Gasteiger partial charge in [-0.25, -0.2) is 0 Å². The van der Waals surface area contributed by atoms with Gasteiger partial charge in [0, 0.05) is 32.7 Å². The largest absolute Gasteiger partial charge is 0.389 e. The molecule has 1 aliphatic heterocycles. The molecule has 1 unspecified atom stereocenters. The molecule has 18 heavy (non-hydrogen) atoms. The molecule has 0 aromatic heterocycles. The van der Waals surface area contributed by atoms with E-state index in [0.717, 1.165) is 32.7 Å². The van der Waals surface area contributed by atoms with Gasteiger partial charge in [-0.15, -0.1) is 24.8 Å². The number of hydrogen-bond donors (Lipinski definition) is 1. The van der Waals surface area contributed by atoms with Crippen LogP contribution in [0, 0.1) is 0 Å². The SMILES string of the molecule is CN1CCN(CC(O)COC(C)(C)C)CC1.Cl.Cl. The van der Waals surface area contributed by atoms with Gasteiger partial charge in [-0.2, -0.15) is 0 Å². The van der Waals surface area contributed by atoms with Crippen LogP contribution in [0.4, 0.5) is 0 Å². The highest BCUT2D eigenvalue weighted by molar-refractivity contribution is 5.85. The van der Waals surface area contributed by atoms with E-state index in [1.807, 2.05) is 20.8 Å². The second kappa shape index (κ2) is 9.34. The van der Waals surface area contributed by atoms with Crippen molar-refractivity contribution in [3.8, 4) is 0 Å². The highest BCUT2D eigenvalue weighted by atomic mass is 35.5. The number of piperazine rings is 1. The van der Waals surface area contributed by atoms with E-state index >= 15 is 0 Å². The van der Waals surface area contributed by atoms with E-state index in [0.29, 0.717) is 6.61 Å². The molecule has 1 heterocycles. The number of β-amino-alcohol motifs (C(OH)–C–C–N with tert-alkyl or cyclic N) is 1. The highest BCUT2D eigenvalue weighted by Crippen LogP contribution is 2.08. The summed E-state index contributed by atoms with van der Waals surface area (Å²) in [5.74, 6) is 0. The minimum Gasteiger partial charge on any atom is -0.389 e. The first kappa shape index (κ1) is 20.7. The van der Waals surface area contributed by atoms with Gasteiger partial charge in [0.15, 0.2) is 0 Å². The molecule has 1 saturated heterocycles. The van der Waals surface area contributed by atoms with Crippen LogP contribution in [0.25, 0.3) is 0 Å². The average molecular weight is 303 g/mol. The standard InChI is InChI=1S/C12H26N2O2.2ClH/c1-12(2,3)16-10-11(15)9-14-7-5-13(4)6-8-14;;/h11,15H,5-10H2,1-4H3;2*1H. The Labute approximate surface area is 123 Å². The Balaban J connectivity index is 0. The molecule has 0 spiro atoms. The third-order valence-corrected chi connectivity index (χ3v) is 2.77. The van der Waals surface area contributed by atoms with E-state index in [2.05, 4.69) is 16.8 Å². The van der Waals surface area contributed by atoms with Crippen molar-refractivity contribution in [2.75, 3.05) is 46.4 Å². The van der Waals surface area contributed by atoms with Gasteiger partial charge in [0.05, 0.1) is 18.3 Å². The van der Waals surface area contributed by atoms with E-state index in [1.165, 1.54) is 0 Å². The molecule has 0 amide bonds. The lowest BCUT2D eigenvalue weighted by Crippen LogP contribution is -2.47. The fraction of sp³-hybridized carbons (Fsp3) is 1.00. The lowest BCUT2D eigenvalue weighted by Gasteiger charge is -2.34. The van der Waals surface area contributed by atoms with Crippen molar-refractivity contribution in [3.63, 3.8) is 0 Å². The second-order valence-corrected chi connectivity index (χ2v) is 5.68. The smallest absolute Gasteiger partial charge is 0.0900 e. The van der Waals surface area contributed by atoms with Crippen LogP contribution in [-0.2, 0) is 4.74 Å². The Kier molecular flexibility index (Phi) is 10.8. The van der Waals surface area contributed by atoms with Gasteiger partial charge in [0.1, 0.15) is 0 Å². The van der Waals surface area contributed by atoms with Gasteiger partial charge in [-0.3, -0.25) is 4.90 Å². The number of hydrogen-bond acceptors (Lipinski definition) is 4. The molecular weight excluding hydrogens is 275 g/mol. The van der Waals surface area contributed by atoms with Crippen molar-refractivity contribution in [1.29, 1.82) is 0 Å². The third kappa shape index (κ3) is 9.36. The molecule has 1 fully saturated rings. The van der Waals surface area contributed by atoms with Crippen LogP contribution in [0.3, 0.4) is 0 Å². The lowest BCUT2D eigenvalue weighted by atomic mass is 10.2. The van der Waals surface area contributed by atoms with Crippen molar-refractivity contribution in [1.82, 2.24) is 9.80 Å². The zero-order chi connectivity index (χ0) is 12.2. The van der Waals surface area contributed by atoms with Crippen molar-refractivity contribution in [3.05, 3.63) is 0 Å². The number of halogens is 2. The maximum Gasteiger partial charge on any atom is 0.0900 e. The van der Waals surface area contributed by atoms with E-state index in [-0.39, 0.29) is 36.5 Å². The van der Waals surface area contributed by atoms with Crippen molar-refractivity contribution in [2.24, 2.45) is 0 Å². The minimum absolute atomic E-state index is 0. The minimum atomic E-state index is -0.373. The Morgan fingerprint density at radius 3 is 2.06 bits per heavy atom. The summed E-state index contributed by atoms with van der Waals surface area (Å²) in [5.41, 5.74) is -0.164. The van der Waals surface area contributed by atoms with Crippen LogP contribution >= 0.6 is 24.8 Å². The molecule has 1 aliphatic rings. The summed E-state index contributed by atoms with van der Waals surface area (Å²) in [7, 11) is 2.14. The van der Waals surface area contributed by atoms with Gasteiger partial charge in [-0.1, -0.05) is 0 Å². The molecule has 0 radical (unpaired) electrons. The molecule has 0 aromatic rings. The predicted octanol–water partition coefficient (Wildman–Crippen LogP) is 1.25. The molecule has 0 aliphatic carbocycles. The van der Waals surface area contributed by atoms with Crippen LogP contribution in [0.1, 0.15) is 20.8 Å². The summed E-state index contributed by atoms with van der Waals surface area (Å²) in [6.07, 6.45) is -0.373. The summed E-state index contributed by atoms with van der Waals surface area (Å²) in [6, 6.07) is 0. The Bertz CT molecular complexity index is 205. The zero-order valence-electron chi connectivity index (χ0n) is 11.9. The molecule has 0 bridgehead atoms. The summed E-state index contributed by atoms with van der Waals surface area (Å²) < 4.78 is 5.57. The molecule has 6 heteroatoms. The fourth-order valence-corrected chi connectivity index (χ4v) is 1.73. The number of aliphatic hydroxyl groups is 1. The van der Waals surface area contributed by atoms with Gasteiger partial charge in [0.2, 0.25) is 0 Å². The second-order valence-electron chi connectivity index (χ2n) is 5.68. The number of nitrogens with zero attached hydrogens (tertiary/aromatic N) is 2. The Morgan fingerprint density at radius 1 is 1.11 bits per heavy atom. The maximum atomic E-state index is 9.85. The van der Waals surface area contributed by atoms with Gasteiger partial charge < -0.3 is 14.7 Å². The molecule has 4 nitrogen and oxygen atoms in total. The summed E-state index contributed by atoms with van der Waals surface area (Å²) in [4.78, 5) is 4.62. The van der Waals surface area contributed by atoms with Crippen LogP contribution in [0.5, 0.6) is 0 Å². The topological polar surface area (TPSA) is 35.9 Å². The summed E-state index contributed by atoms with van der Waals surface area (Å²) in [5, 5.41) is 9.85. The normalized spacial score (nSPS) is 19.8. The third-order valence-electron chi connectivity index (χ3n) is 2.77. The molecule has 0 aromatic carbocycles. The van der Waals surface area contributed by atoms with Crippen LogP contribution in [0.15, 0.2) is 0 Å². The number of aliphatic hydroxyl groups excluding tert-OH is 1. The molecule has 1 atom stereocenters. The molecule has 112 valence electrons. The molecule has 0 saturated carbocycles. The van der Waals surface area contributed by atoms with Crippen LogP contribution in [0.2, 0.25) is 0 Å². The lowest BCUT2D eigenvalue weighted by molar-refractivity contribution is -0.0582.